The van der Waals surface area contributed by atoms with Gasteiger partial charge in [-0.05, 0) is 181 Å². The number of aromatic nitrogens is 14. The van der Waals surface area contributed by atoms with Crippen molar-refractivity contribution in [2.24, 2.45) is 31.1 Å². The second kappa shape index (κ2) is 31.9. The summed E-state index contributed by atoms with van der Waals surface area (Å²) < 4.78 is 22.8. The van der Waals surface area contributed by atoms with Crippen molar-refractivity contribution in [2.45, 2.75) is 108 Å². The molecule has 0 amide bonds. The monoisotopic (exact) mass is 1470 g/mol. The van der Waals surface area contributed by atoms with Gasteiger partial charge in [0.05, 0.1) is 38.3 Å². The average molecular weight is 1470 g/mol. The van der Waals surface area contributed by atoms with E-state index in [1.807, 2.05) is 135 Å². The van der Waals surface area contributed by atoms with Crippen LogP contribution >= 0.6 is 31.9 Å². The van der Waals surface area contributed by atoms with Crippen molar-refractivity contribution in [1.82, 2.24) is 78.7 Å². The molecule has 0 aromatic carbocycles. The largest absolute Gasteiger partial charge is 0.483 e. The molecule has 514 valence electrons. The van der Waals surface area contributed by atoms with Crippen LogP contribution in [0.1, 0.15) is 110 Å². The minimum absolute atomic E-state index is 0.158. The number of halogens is 2. The minimum atomic E-state index is -1.04. The molecule has 3 fully saturated rings. The van der Waals surface area contributed by atoms with Crippen LogP contribution in [-0.4, -0.2) is 146 Å². The molecule has 2 aliphatic heterocycles. The van der Waals surface area contributed by atoms with E-state index in [0.717, 1.165) is 89.4 Å². The van der Waals surface area contributed by atoms with Gasteiger partial charge in [-0.25, -0.2) is 55.8 Å². The maximum Gasteiger partial charge on any atom is 0.454 e. The van der Waals surface area contributed by atoms with Crippen LogP contribution in [0, 0.1) is 13.8 Å². The Kier molecular flexibility index (Phi) is 22.7. The van der Waals surface area contributed by atoms with Gasteiger partial charge in [0.25, 0.3) is 6.47 Å². The second-order valence-corrected chi connectivity index (χ2v) is 26.2. The lowest BCUT2D eigenvalue weighted by atomic mass is 9.84. The summed E-state index contributed by atoms with van der Waals surface area (Å²) in [4.78, 5) is 66.9. The van der Waals surface area contributed by atoms with Gasteiger partial charge in [0, 0.05) is 119 Å². The molecule has 0 bridgehead atoms. The first kappa shape index (κ1) is 70.6. The number of aromatic amines is 1. The summed E-state index contributed by atoms with van der Waals surface area (Å²) in [6, 6.07) is 22.1. The Labute approximate surface area is 587 Å². The highest BCUT2D eigenvalue weighted by molar-refractivity contribution is 9.10. The second-order valence-electron chi connectivity index (χ2n) is 24.4. The summed E-state index contributed by atoms with van der Waals surface area (Å²) >= 11 is 6.71. The van der Waals surface area contributed by atoms with Crippen LogP contribution in [0.2, 0.25) is 5.82 Å². The van der Waals surface area contributed by atoms with Crippen LogP contribution in [0.15, 0.2) is 160 Å². The third-order valence-electron chi connectivity index (χ3n) is 16.7. The van der Waals surface area contributed by atoms with Crippen molar-refractivity contribution in [3.63, 3.8) is 0 Å². The highest BCUT2D eigenvalue weighted by atomic mass is 79.9. The Hall–Kier alpha value is -9.69. The molecule has 0 radical (unpaired) electrons. The quantitative estimate of drug-likeness (QED) is 0.0494. The number of imidazole rings is 2. The Morgan fingerprint density at radius 3 is 1.62 bits per heavy atom. The van der Waals surface area contributed by atoms with Crippen molar-refractivity contribution in [2.75, 3.05) is 14.2 Å². The van der Waals surface area contributed by atoms with E-state index in [1.54, 1.807) is 46.1 Å². The van der Waals surface area contributed by atoms with Gasteiger partial charge in [-0.2, -0.15) is 0 Å². The summed E-state index contributed by atoms with van der Waals surface area (Å²) in [5.74, 6) is 3.49. The third-order valence-corrected chi connectivity index (χ3v) is 17.6. The van der Waals surface area contributed by atoms with Gasteiger partial charge in [0.15, 0.2) is 17.9 Å². The molecule has 5 aliphatic rings. The molecule has 0 spiro atoms. The molecule has 99 heavy (non-hydrogen) atoms. The van der Waals surface area contributed by atoms with Crippen molar-refractivity contribution in [3.8, 4) is 23.1 Å². The van der Waals surface area contributed by atoms with Gasteiger partial charge in [0.1, 0.15) is 63.6 Å². The number of hydrogen-bond donors (Lipinski definition) is 7. The van der Waals surface area contributed by atoms with Gasteiger partial charge in [-0.3, -0.25) is 19.5 Å². The van der Waals surface area contributed by atoms with Gasteiger partial charge in [-0.15, -0.1) is 0 Å². The number of aliphatic imine (C=N–C) groups is 2. The van der Waals surface area contributed by atoms with Crippen molar-refractivity contribution in [3.05, 3.63) is 190 Å². The van der Waals surface area contributed by atoms with Crippen molar-refractivity contribution >= 4 is 101 Å². The SMILES string of the molecule is Brc1cnc2[nH]ccc2c1.COc1nc(C2=NC(O)C(C)ON2)ccc1-n1cnc(C)c1.COc1nc(C2=NC(c3cn(C)c4ncc(C5CC5)cc34)C(C)ON2)ccc1-n1cnc(C)c1.Cn1ccc2cc(Br)cnc21.Cn1ccc2cc(C3CC3)cnc21.O=CO.OB(O)C1CC1. The molecule has 12 aromatic heterocycles. The number of nitrogens with one attached hydrogen (secondary N) is 3. The third kappa shape index (κ3) is 17.6. The van der Waals surface area contributed by atoms with E-state index >= 15 is 0 Å². The average Bonchev–Trinajstić information content (AvgIpc) is 1.55. The first-order chi connectivity index (χ1) is 47.8. The molecule has 3 saturated carbocycles. The number of ether oxygens (including phenoxy) is 2. The van der Waals surface area contributed by atoms with E-state index in [-0.39, 0.29) is 24.4 Å². The van der Waals surface area contributed by atoms with E-state index in [0.29, 0.717) is 40.7 Å². The molecule has 27 nitrogen and oxygen atoms in total. The number of aliphatic hydroxyl groups is 1. The molecule has 0 saturated heterocycles. The summed E-state index contributed by atoms with van der Waals surface area (Å²) in [6.07, 6.45) is 28.6. The molecule has 4 atom stereocenters. The van der Waals surface area contributed by atoms with Crippen LogP contribution < -0.4 is 20.4 Å². The van der Waals surface area contributed by atoms with Crippen LogP contribution in [0.4, 0.5) is 0 Å². The summed E-state index contributed by atoms with van der Waals surface area (Å²) in [5.41, 5.74) is 18.1. The Balaban J connectivity index is 0.000000130. The Morgan fingerprint density at radius 1 is 0.606 bits per heavy atom. The van der Waals surface area contributed by atoms with Crippen molar-refractivity contribution in [1.29, 1.82) is 0 Å². The van der Waals surface area contributed by atoms with Gasteiger partial charge >= 0.3 is 7.12 Å². The van der Waals surface area contributed by atoms with Crippen LogP contribution in [0.25, 0.3) is 55.5 Å². The number of H-pyrrole nitrogens is 1. The van der Waals surface area contributed by atoms with Gasteiger partial charge in [-0.1, -0.05) is 12.8 Å². The van der Waals surface area contributed by atoms with Crippen molar-refractivity contribution < 1.29 is 44.2 Å². The van der Waals surface area contributed by atoms with Gasteiger partial charge < -0.3 is 57.6 Å². The molecule has 14 heterocycles. The Morgan fingerprint density at radius 2 is 1.11 bits per heavy atom. The number of pyridine rings is 6. The number of fused-ring (bicyclic) bond motifs is 4. The number of hydroxylamine groups is 2. The Bertz CT molecular complexity index is 4820. The number of aryl methyl sites for hydroxylation is 5. The minimum Gasteiger partial charge on any atom is -0.483 e. The molecular formula is C69H77BBr2N18O9. The zero-order chi connectivity index (χ0) is 70.0. The number of amidine groups is 2. The zero-order valence-electron chi connectivity index (χ0n) is 56.0. The van der Waals surface area contributed by atoms with Crippen LogP contribution in [0.5, 0.6) is 11.8 Å². The predicted molar refractivity (Wildman–Crippen MR) is 384 cm³/mol. The highest BCUT2D eigenvalue weighted by Crippen LogP contribution is 2.43. The topological polar surface area (TPSA) is 327 Å². The fourth-order valence-corrected chi connectivity index (χ4v) is 11.6. The van der Waals surface area contributed by atoms with E-state index < -0.39 is 19.5 Å². The number of carboxylic acid groups (broad SMARTS) is 1. The smallest absolute Gasteiger partial charge is 0.454 e. The number of aliphatic hydroxyl groups excluding tert-OH is 1. The molecule has 12 aromatic rings. The van der Waals surface area contributed by atoms with Crippen LogP contribution in [0.3, 0.4) is 0 Å². The zero-order valence-corrected chi connectivity index (χ0v) is 59.2. The van der Waals surface area contributed by atoms with E-state index in [1.165, 1.54) is 47.6 Å². The number of nitrogens with zero attached hydrogens (tertiary/aromatic N) is 15. The normalized spacial score (nSPS) is 17.5. The van der Waals surface area contributed by atoms with E-state index in [4.69, 9.17) is 54.1 Å². The van der Waals surface area contributed by atoms with Gasteiger partial charge in [0.2, 0.25) is 11.8 Å². The lowest BCUT2D eigenvalue weighted by Gasteiger charge is -2.27. The fraction of sp³-hybridized carbons (Fsp3) is 0.319. The molecule has 17 rings (SSSR count). The first-order valence-corrected chi connectivity index (χ1v) is 33.6. The maximum atomic E-state index is 9.75. The predicted octanol–water partition coefficient (Wildman–Crippen LogP) is 10.8. The number of carbonyl (C=O) groups is 1. The fourth-order valence-electron chi connectivity index (χ4n) is 10.9. The highest BCUT2D eigenvalue weighted by Gasteiger charge is 2.34. The number of methoxy groups -OCH3 is 2. The standard InChI is InChI=1S/C25H27N7O2.C14H17N5O3.C11H12N2.C8H7BrN2.C7H5BrN2.C3H7BO2.CH2O2/c1-14-11-32(13-27-14)21-8-7-20(28-25(21)33-4)23-29-22(15(2)34-30-23)19-12-31(3)24-18(19)9-17(10-26-24)16-5-6-16;1-8-6-19(7-15-8)11-5-4-10(16-14(11)21-3)12-17-13(20)9(2)22-18-12;1-13-5-4-9-6-10(8-2-3-8)7-12-11(9)13;1-11-3-2-6-4-7(9)5-10-8(6)11;8-6-3-5-1-2-9-7(5)10-4-6;5-4(6)3-1-2-3;2-1-3/h7-13,15-16,22H,5-6H2,1-4H3,(H,29,30);4-7,9,13,20H,1-3H3,(H,17,18);4-8H,2-3H2,1H3;2-5H,1H3;1-4H,(H,9,10);3,5-6H,1-2H2;1H,(H,2,3). The molecule has 4 unspecified atom stereocenters. The molecule has 3 aliphatic carbocycles. The van der Waals surface area contributed by atoms with E-state index in [9.17, 15) is 5.11 Å². The summed E-state index contributed by atoms with van der Waals surface area (Å²) in [5, 5.41) is 37.8. The van der Waals surface area contributed by atoms with Crippen LogP contribution in [-0.2, 0) is 35.6 Å². The lowest BCUT2D eigenvalue weighted by Crippen LogP contribution is -2.41. The molecule has 30 heteroatoms. The summed E-state index contributed by atoms with van der Waals surface area (Å²) in [6.45, 7) is 7.34. The maximum absolute atomic E-state index is 9.75. The number of hydrogen-bond acceptors (Lipinski definition) is 20. The van der Waals surface area contributed by atoms with E-state index in [2.05, 4.69) is 128 Å². The number of rotatable bonds is 10. The first-order valence-electron chi connectivity index (χ1n) is 32.0. The lowest BCUT2D eigenvalue weighted by molar-refractivity contribution is -0.122. The summed E-state index contributed by atoms with van der Waals surface area (Å²) in [7, 11) is 8.16. The molecular weight excluding hydrogens is 1400 g/mol. The molecule has 7 N–H and O–H groups in total.